The zero-order chi connectivity index (χ0) is 18.0. The summed E-state index contributed by atoms with van der Waals surface area (Å²) >= 11 is 17.9. The molecule has 126 valence electrons. The molecule has 1 aliphatic rings. The second-order valence-corrected chi connectivity index (χ2v) is 7.47. The monoisotopic (exact) mass is 409 g/mol. The van der Waals surface area contributed by atoms with Gasteiger partial charge in [-0.05, 0) is 42.0 Å². The minimum atomic E-state index is -0.541. The minimum absolute atomic E-state index is 0.217. The van der Waals surface area contributed by atoms with Crippen molar-refractivity contribution in [2.75, 3.05) is 0 Å². The lowest BCUT2D eigenvalue weighted by Gasteiger charge is -2.06. The van der Waals surface area contributed by atoms with Gasteiger partial charge >= 0.3 is 5.97 Å². The van der Waals surface area contributed by atoms with Gasteiger partial charge in [0.2, 0.25) is 0 Å². The third kappa shape index (κ3) is 4.41. The lowest BCUT2D eigenvalue weighted by Crippen LogP contribution is -2.17. The summed E-state index contributed by atoms with van der Waals surface area (Å²) in [6, 6.07) is 11.3. The number of thiocarbonyl (C=S) groups is 1. The van der Waals surface area contributed by atoms with Crippen LogP contribution in [0.25, 0.3) is 6.08 Å². The van der Waals surface area contributed by atoms with Crippen LogP contribution in [0.3, 0.4) is 0 Å². The highest BCUT2D eigenvalue weighted by molar-refractivity contribution is 8.26. The van der Waals surface area contributed by atoms with Gasteiger partial charge in [-0.15, -0.1) is 0 Å². The molecule has 1 aliphatic heterocycles. The molecule has 0 saturated carbocycles. The van der Waals surface area contributed by atoms with Crippen LogP contribution in [0.4, 0.5) is 0 Å². The van der Waals surface area contributed by atoms with Gasteiger partial charge in [0.15, 0.2) is 0 Å². The number of nitrogens with one attached hydrogen (secondary N) is 1. The molecule has 0 unspecified atom stereocenters. The Morgan fingerprint density at radius 2 is 1.84 bits per heavy atom. The van der Waals surface area contributed by atoms with E-state index in [2.05, 4.69) is 5.32 Å². The Kier molecular flexibility index (Phi) is 5.44. The number of halogens is 2. The zero-order valence-corrected chi connectivity index (χ0v) is 15.6. The number of benzene rings is 2. The van der Waals surface area contributed by atoms with E-state index in [-0.39, 0.29) is 10.9 Å². The molecular weight excluding hydrogens is 401 g/mol. The number of carbonyl (C=O) groups is 2. The van der Waals surface area contributed by atoms with Gasteiger partial charge in [-0.1, -0.05) is 59.3 Å². The molecule has 0 atom stereocenters. The second-order valence-electron chi connectivity index (χ2n) is 4.94. The Labute approximate surface area is 163 Å². The van der Waals surface area contributed by atoms with Crippen LogP contribution in [-0.4, -0.2) is 16.2 Å². The molecular formula is C17H9Cl2NO3S2. The van der Waals surface area contributed by atoms with E-state index in [1.165, 1.54) is 30.0 Å². The first-order chi connectivity index (χ1) is 11.9. The molecule has 1 amide bonds. The Morgan fingerprint density at radius 1 is 1.12 bits per heavy atom. The highest BCUT2D eigenvalue weighted by atomic mass is 35.5. The lowest BCUT2D eigenvalue weighted by atomic mass is 10.2. The molecule has 1 fully saturated rings. The molecule has 0 aliphatic carbocycles. The maximum Gasteiger partial charge on any atom is 0.343 e. The van der Waals surface area contributed by atoms with Crippen LogP contribution in [0.15, 0.2) is 47.4 Å². The number of hydrogen-bond donors (Lipinski definition) is 1. The standard InChI is InChI=1S/C17H9Cl2NO3S2/c18-12-6-3-10(8-13(12)19)16(22)23-11-4-1-9(2-5-11)7-14-15(21)20-17(24)25-14/h1-8H,(H,20,21,24)/b14-7-. The van der Waals surface area contributed by atoms with Gasteiger partial charge in [-0.3, -0.25) is 4.79 Å². The topological polar surface area (TPSA) is 55.4 Å². The first-order valence-corrected chi connectivity index (χ1v) is 8.92. The summed E-state index contributed by atoms with van der Waals surface area (Å²) in [7, 11) is 0. The molecule has 25 heavy (non-hydrogen) atoms. The van der Waals surface area contributed by atoms with E-state index < -0.39 is 5.97 Å². The van der Waals surface area contributed by atoms with Crippen molar-refractivity contribution in [1.82, 2.24) is 5.32 Å². The number of rotatable bonds is 3. The van der Waals surface area contributed by atoms with Gasteiger partial charge in [0, 0.05) is 0 Å². The predicted molar refractivity (Wildman–Crippen MR) is 104 cm³/mol. The molecule has 0 bridgehead atoms. The van der Waals surface area contributed by atoms with Crippen molar-refractivity contribution in [1.29, 1.82) is 0 Å². The van der Waals surface area contributed by atoms with E-state index in [9.17, 15) is 9.59 Å². The maximum atomic E-state index is 12.1. The van der Waals surface area contributed by atoms with Crippen LogP contribution >= 0.6 is 47.2 Å². The molecule has 1 saturated heterocycles. The van der Waals surface area contributed by atoms with E-state index in [4.69, 9.17) is 40.2 Å². The van der Waals surface area contributed by atoms with Crippen molar-refractivity contribution in [2.24, 2.45) is 0 Å². The summed E-state index contributed by atoms with van der Waals surface area (Å²) in [6.45, 7) is 0. The zero-order valence-electron chi connectivity index (χ0n) is 12.4. The first-order valence-electron chi connectivity index (χ1n) is 6.94. The summed E-state index contributed by atoms with van der Waals surface area (Å²) in [5.74, 6) is -0.386. The van der Waals surface area contributed by atoms with Crippen LogP contribution in [-0.2, 0) is 4.79 Å². The molecule has 0 spiro atoms. The number of esters is 1. The average molecular weight is 410 g/mol. The molecule has 0 aromatic heterocycles. The highest BCUT2D eigenvalue weighted by Crippen LogP contribution is 2.27. The van der Waals surface area contributed by atoms with E-state index in [0.717, 1.165) is 5.56 Å². The number of amides is 1. The fraction of sp³-hybridized carbons (Fsp3) is 0. The average Bonchev–Trinajstić information content (AvgIpc) is 2.89. The molecule has 8 heteroatoms. The molecule has 2 aromatic carbocycles. The summed E-state index contributed by atoms with van der Waals surface area (Å²) in [4.78, 5) is 24.3. The van der Waals surface area contributed by atoms with E-state index in [1.54, 1.807) is 30.3 Å². The first kappa shape index (κ1) is 17.9. The van der Waals surface area contributed by atoms with E-state index >= 15 is 0 Å². The minimum Gasteiger partial charge on any atom is -0.423 e. The van der Waals surface area contributed by atoms with Crippen molar-refractivity contribution in [3.63, 3.8) is 0 Å². The fourth-order valence-electron chi connectivity index (χ4n) is 1.99. The normalized spacial score (nSPS) is 15.4. The third-order valence-corrected chi connectivity index (χ3v) is 5.09. The van der Waals surface area contributed by atoms with Gasteiger partial charge < -0.3 is 10.1 Å². The Morgan fingerprint density at radius 3 is 2.44 bits per heavy atom. The number of hydrogen-bond acceptors (Lipinski definition) is 5. The predicted octanol–water partition coefficient (Wildman–Crippen LogP) is 4.70. The van der Waals surface area contributed by atoms with Crippen LogP contribution in [0, 0.1) is 0 Å². The Hall–Kier alpha value is -1.86. The summed E-state index contributed by atoms with van der Waals surface area (Å²) in [5, 5.41) is 3.19. The summed E-state index contributed by atoms with van der Waals surface area (Å²) in [6.07, 6.45) is 1.71. The molecule has 1 heterocycles. The van der Waals surface area contributed by atoms with Gasteiger partial charge in [0.25, 0.3) is 5.91 Å². The van der Waals surface area contributed by atoms with Crippen molar-refractivity contribution in [3.05, 3.63) is 68.5 Å². The Balaban J connectivity index is 1.71. The van der Waals surface area contributed by atoms with Gasteiger partial charge in [0.1, 0.15) is 10.1 Å². The molecule has 2 aromatic rings. The van der Waals surface area contributed by atoms with E-state index in [1.807, 2.05) is 0 Å². The summed E-state index contributed by atoms with van der Waals surface area (Å²) in [5.41, 5.74) is 1.09. The van der Waals surface area contributed by atoms with Gasteiger partial charge in [-0.25, -0.2) is 4.79 Å². The smallest absolute Gasteiger partial charge is 0.343 e. The van der Waals surface area contributed by atoms with Crippen LogP contribution in [0.2, 0.25) is 10.0 Å². The Bertz CT molecular complexity index is 911. The SMILES string of the molecule is O=C1NC(=S)S/C1=C\c1ccc(OC(=O)c2ccc(Cl)c(Cl)c2)cc1. The van der Waals surface area contributed by atoms with E-state index in [0.29, 0.717) is 25.6 Å². The number of ether oxygens (including phenoxy) is 1. The van der Waals surface area contributed by atoms with Crippen molar-refractivity contribution < 1.29 is 14.3 Å². The van der Waals surface area contributed by atoms with Crippen LogP contribution in [0.1, 0.15) is 15.9 Å². The largest absolute Gasteiger partial charge is 0.423 e. The summed E-state index contributed by atoms with van der Waals surface area (Å²) < 4.78 is 5.73. The second kappa shape index (κ2) is 7.58. The fourth-order valence-corrected chi connectivity index (χ4v) is 3.34. The highest BCUT2D eigenvalue weighted by Gasteiger charge is 2.21. The van der Waals surface area contributed by atoms with Gasteiger partial charge in [-0.2, -0.15) is 0 Å². The van der Waals surface area contributed by atoms with Crippen molar-refractivity contribution >= 4 is 69.5 Å². The molecule has 1 N–H and O–H groups in total. The van der Waals surface area contributed by atoms with Crippen molar-refractivity contribution in [3.8, 4) is 5.75 Å². The van der Waals surface area contributed by atoms with Crippen LogP contribution in [0.5, 0.6) is 5.75 Å². The molecule has 4 nitrogen and oxygen atoms in total. The van der Waals surface area contributed by atoms with Gasteiger partial charge in [0.05, 0.1) is 20.5 Å². The number of carbonyl (C=O) groups excluding carboxylic acids is 2. The van der Waals surface area contributed by atoms with Crippen molar-refractivity contribution in [2.45, 2.75) is 0 Å². The molecule has 0 radical (unpaired) electrons. The lowest BCUT2D eigenvalue weighted by molar-refractivity contribution is -0.115. The quantitative estimate of drug-likeness (QED) is 0.344. The maximum absolute atomic E-state index is 12.1. The third-order valence-electron chi connectivity index (χ3n) is 3.19. The van der Waals surface area contributed by atoms with Crippen LogP contribution < -0.4 is 10.1 Å². The number of thioether (sulfide) groups is 1. The molecule has 3 rings (SSSR count).